The van der Waals surface area contributed by atoms with Crippen LogP contribution in [0.15, 0.2) is 12.2 Å². The molecule has 2 aliphatic carbocycles. The normalized spacial score (nSPS) is 35.5. The lowest BCUT2D eigenvalue weighted by molar-refractivity contribution is -0.164. The second-order valence-corrected chi connectivity index (χ2v) is 9.20. The third-order valence-electron chi connectivity index (χ3n) is 7.37. The van der Waals surface area contributed by atoms with Crippen molar-refractivity contribution in [1.29, 1.82) is 0 Å². The van der Waals surface area contributed by atoms with Crippen LogP contribution in [0.3, 0.4) is 0 Å². The zero-order valence-corrected chi connectivity index (χ0v) is 17.0. The van der Waals surface area contributed by atoms with Crippen molar-refractivity contribution in [2.75, 3.05) is 6.61 Å². The average Bonchev–Trinajstić information content (AvgIpc) is 2.53. The number of aliphatic carboxylic acids is 1. The molecule has 0 aromatic carbocycles. The first kappa shape index (κ1) is 21.0. The van der Waals surface area contributed by atoms with Crippen molar-refractivity contribution in [3.05, 3.63) is 12.2 Å². The molecule has 1 N–H and O–H groups in total. The molecule has 4 nitrogen and oxygen atoms in total. The van der Waals surface area contributed by atoms with Gasteiger partial charge in [0.05, 0.1) is 12.0 Å². The molecule has 0 radical (unpaired) electrons. The molecular formula is C22H36O4. The fourth-order valence-electron chi connectivity index (χ4n) is 5.74. The van der Waals surface area contributed by atoms with Crippen molar-refractivity contribution < 1.29 is 19.4 Å². The standard InChI is InChI=1S/C22H36O4/c1-15(11-14-26-17(3)23)7-9-18-16(2)8-10-19-21(18,4)12-6-13-22(19,5)20(24)25/h15,18-19H,2,6-14H2,1,3-5H3,(H,24,25)/t15-,18-,19-,21-,22+/m0/s1. The number of rotatable bonds is 7. The van der Waals surface area contributed by atoms with Gasteiger partial charge in [-0.25, -0.2) is 0 Å². The van der Waals surface area contributed by atoms with Crippen LogP contribution in [0.4, 0.5) is 0 Å². The van der Waals surface area contributed by atoms with Crippen molar-refractivity contribution in [3.8, 4) is 0 Å². The number of esters is 1. The van der Waals surface area contributed by atoms with Gasteiger partial charge in [0.2, 0.25) is 0 Å². The molecule has 0 aromatic rings. The molecule has 0 unspecified atom stereocenters. The summed E-state index contributed by atoms with van der Waals surface area (Å²) in [5.74, 6) is 0.267. The molecule has 2 saturated carbocycles. The van der Waals surface area contributed by atoms with Crippen LogP contribution in [0.25, 0.3) is 0 Å². The lowest BCUT2D eigenvalue weighted by Crippen LogP contribution is -2.53. The topological polar surface area (TPSA) is 63.6 Å². The van der Waals surface area contributed by atoms with Gasteiger partial charge in [-0.1, -0.05) is 32.4 Å². The van der Waals surface area contributed by atoms with Crippen molar-refractivity contribution in [2.45, 2.75) is 79.1 Å². The summed E-state index contributed by atoms with van der Waals surface area (Å²) in [5.41, 5.74) is 0.744. The predicted molar refractivity (Wildman–Crippen MR) is 103 cm³/mol. The van der Waals surface area contributed by atoms with Crippen molar-refractivity contribution in [1.82, 2.24) is 0 Å². The molecule has 5 atom stereocenters. The molecule has 26 heavy (non-hydrogen) atoms. The van der Waals surface area contributed by atoms with E-state index in [1.807, 2.05) is 6.92 Å². The van der Waals surface area contributed by atoms with E-state index in [9.17, 15) is 14.7 Å². The van der Waals surface area contributed by atoms with E-state index in [-0.39, 0.29) is 17.3 Å². The zero-order valence-electron chi connectivity index (χ0n) is 17.0. The molecule has 0 heterocycles. The van der Waals surface area contributed by atoms with Gasteiger partial charge in [-0.15, -0.1) is 0 Å². The van der Waals surface area contributed by atoms with Crippen LogP contribution in [-0.2, 0) is 14.3 Å². The smallest absolute Gasteiger partial charge is 0.309 e. The molecule has 0 aliphatic heterocycles. The SMILES string of the molecule is C=C1CC[C@H]2[C@@](C)(CCC[C@@]2(C)C(=O)O)[C@H]1CC[C@H](C)CCOC(C)=O. The summed E-state index contributed by atoms with van der Waals surface area (Å²) in [5, 5.41) is 9.90. The Morgan fingerprint density at radius 2 is 2.00 bits per heavy atom. The lowest BCUT2D eigenvalue weighted by atomic mass is 9.46. The van der Waals surface area contributed by atoms with Crippen LogP contribution in [0.5, 0.6) is 0 Å². The fourth-order valence-corrected chi connectivity index (χ4v) is 5.74. The van der Waals surface area contributed by atoms with Crippen LogP contribution in [0.1, 0.15) is 79.1 Å². The Morgan fingerprint density at radius 3 is 2.62 bits per heavy atom. The minimum atomic E-state index is -0.630. The quantitative estimate of drug-likeness (QED) is 0.497. The number of allylic oxidation sites excluding steroid dienone is 1. The monoisotopic (exact) mass is 364 g/mol. The van der Waals surface area contributed by atoms with E-state index < -0.39 is 11.4 Å². The lowest BCUT2D eigenvalue weighted by Gasteiger charge is -2.57. The molecule has 2 aliphatic rings. The third-order valence-corrected chi connectivity index (χ3v) is 7.37. The van der Waals surface area contributed by atoms with E-state index in [4.69, 9.17) is 4.74 Å². The number of hydrogen-bond donors (Lipinski definition) is 1. The highest BCUT2D eigenvalue weighted by atomic mass is 16.5. The molecular weight excluding hydrogens is 328 g/mol. The number of carbonyl (C=O) groups is 2. The Morgan fingerprint density at radius 1 is 1.31 bits per heavy atom. The van der Waals surface area contributed by atoms with Gasteiger partial charge >= 0.3 is 11.9 Å². The zero-order chi connectivity index (χ0) is 19.5. The summed E-state index contributed by atoms with van der Waals surface area (Å²) < 4.78 is 5.06. The van der Waals surface area contributed by atoms with Gasteiger partial charge in [0.25, 0.3) is 0 Å². The molecule has 2 rings (SSSR count). The minimum Gasteiger partial charge on any atom is -0.481 e. The van der Waals surface area contributed by atoms with Crippen molar-refractivity contribution in [2.24, 2.45) is 28.6 Å². The number of hydrogen-bond acceptors (Lipinski definition) is 3. The molecule has 0 aromatic heterocycles. The molecule has 148 valence electrons. The van der Waals surface area contributed by atoms with Gasteiger partial charge in [0.15, 0.2) is 0 Å². The summed E-state index contributed by atoms with van der Waals surface area (Å²) in [4.78, 5) is 22.9. The van der Waals surface area contributed by atoms with E-state index in [0.29, 0.717) is 18.4 Å². The number of ether oxygens (including phenoxy) is 1. The highest BCUT2D eigenvalue weighted by Gasteiger charge is 2.57. The molecule has 0 amide bonds. The first-order valence-corrected chi connectivity index (χ1v) is 10.2. The van der Waals surface area contributed by atoms with E-state index in [2.05, 4.69) is 20.4 Å². The second-order valence-electron chi connectivity index (χ2n) is 9.20. The van der Waals surface area contributed by atoms with Crippen LogP contribution in [0, 0.1) is 28.6 Å². The van der Waals surface area contributed by atoms with Crippen LogP contribution in [-0.4, -0.2) is 23.7 Å². The average molecular weight is 365 g/mol. The molecule has 2 fully saturated rings. The van der Waals surface area contributed by atoms with Crippen molar-refractivity contribution >= 4 is 11.9 Å². The molecule has 0 spiro atoms. The highest BCUT2D eigenvalue weighted by Crippen LogP contribution is 2.62. The van der Waals surface area contributed by atoms with Gasteiger partial charge in [0, 0.05) is 6.92 Å². The summed E-state index contributed by atoms with van der Waals surface area (Å²) in [7, 11) is 0. The van der Waals surface area contributed by atoms with Crippen LogP contribution < -0.4 is 0 Å². The fraction of sp³-hybridized carbons (Fsp3) is 0.818. The van der Waals surface area contributed by atoms with Gasteiger partial charge in [-0.05, 0) is 75.0 Å². The van der Waals surface area contributed by atoms with Gasteiger partial charge in [0.1, 0.15) is 0 Å². The Bertz CT molecular complexity index is 554. The molecule has 4 heteroatoms. The van der Waals surface area contributed by atoms with Crippen LogP contribution in [0.2, 0.25) is 0 Å². The maximum Gasteiger partial charge on any atom is 0.309 e. The largest absolute Gasteiger partial charge is 0.481 e. The Kier molecular flexibility index (Phi) is 6.57. The molecule has 0 bridgehead atoms. The summed E-state index contributed by atoms with van der Waals surface area (Å²) in [6.07, 6.45) is 7.80. The first-order chi connectivity index (χ1) is 12.1. The minimum absolute atomic E-state index is 0.0380. The maximum atomic E-state index is 12.0. The van der Waals surface area contributed by atoms with E-state index in [0.717, 1.165) is 51.4 Å². The number of carboxylic acid groups (broad SMARTS) is 1. The Labute approximate surface area is 158 Å². The van der Waals surface area contributed by atoms with Crippen molar-refractivity contribution in [3.63, 3.8) is 0 Å². The van der Waals surface area contributed by atoms with Gasteiger partial charge < -0.3 is 9.84 Å². The predicted octanol–water partition coefficient (Wildman–Crippen LogP) is 5.22. The first-order valence-electron chi connectivity index (χ1n) is 10.2. The van der Waals surface area contributed by atoms with E-state index in [1.54, 1.807) is 0 Å². The summed E-state index contributed by atoms with van der Waals surface area (Å²) >= 11 is 0. The van der Waals surface area contributed by atoms with Gasteiger partial charge in [-0.3, -0.25) is 9.59 Å². The Hall–Kier alpha value is -1.32. The second kappa shape index (κ2) is 8.14. The maximum absolute atomic E-state index is 12.0. The number of fused-ring (bicyclic) bond motifs is 1. The number of carbonyl (C=O) groups excluding carboxylic acids is 1. The van der Waals surface area contributed by atoms with Gasteiger partial charge in [-0.2, -0.15) is 0 Å². The van der Waals surface area contributed by atoms with E-state index in [1.165, 1.54) is 12.5 Å². The summed E-state index contributed by atoms with van der Waals surface area (Å²) in [6, 6.07) is 0. The highest BCUT2D eigenvalue weighted by molar-refractivity contribution is 5.75. The number of carboxylic acids is 1. The summed E-state index contributed by atoms with van der Waals surface area (Å²) in [6.45, 7) is 12.8. The van der Waals surface area contributed by atoms with E-state index >= 15 is 0 Å². The molecule has 0 saturated heterocycles. The Balaban J connectivity index is 2.06. The third kappa shape index (κ3) is 4.15. The van der Waals surface area contributed by atoms with Crippen LogP contribution >= 0.6 is 0 Å².